The molecular formula is C11H15NOS. The second kappa shape index (κ2) is 4.71. The van der Waals surface area contributed by atoms with Gasteiger partial charge in [0, 0.05) is 22.9 Å². The summed E-state index contributed by atoms with van der Waals surface area (Å²) in [6, 6.07) is 8.01. The van der Waals surface area contributed by atoms with Gasteiger partial charge in [0.1, 0.15) is 0 Å². The van der Waals surface area contributed by atoms with Crippen molar-refractivity contribution < 1.29 is 4.74 Å². The first-order valence-electron chi connectivity index (χ1n) is 4.94. The molecule has 2 N–H and O–H groups in total. The summed E-state index contributed by atoms with van der Waals surface area (Å²) in [6.45, 7) is 0.933. The Kier molecular flexibility index (Phi) is 3.32. The number of hydrogen-bond donors (Lipinski definition) is 1. The van der Waals surface area contributed by atoms with Crippen molar-refractivity contribution in [3.05, 3.63) is 24.3 Å². The number of anilines is 1. The van der Waals surface area contributed by atoms with Crippen LogP contribution in [-0.2, 0) is 4.74 Å². The monoisotopic (exact) mass is 209 g/mol. The van der Waals surface area contributed by atoms with E-state index in [2.05, 4.69) is 6.07 Å². The van der Waals surface area contributed by atoms with E-state index in [1.165, 1.54) is 17.7 Å². The van der Waals surface area contributed by atoms with Crippen molar-refractivity contribution in [1.82, 2.24) is 0 Å². The van der Waals surface area contributed by atoms with E-state index in [0.717, 1.165) is 18.0 Å². The van der Waals surface area contributed by atoms with E-state index in [4.69, 9.17) is 10.5 Å². The first kappa shape index (κ1) is 9.87. The standard InChI is InChI=1S/C11H15NOS/c12-9-3-1-5-11(7-9)14-8-10-4-2-6-13-10/h1,3,5,7,10H,2,4,6,8,12H2. The Morgan fingerprint density at radius 1 is 1.50 bits per heavy atom. The lowest BCUT2D eigenvalue weighted by molar-refractivity contribution is 0.129. The molecule has 76 valence electrons. The average Bonchev–Trinajstić information content (AvgIpc) is 2.67. The Balaban J connectivity index is 1.85. The second-order valence-corrected chi connectivity index (χ2v) is 4.61. The largest absolute Gasteiger partial charge is 0.399 e. The van der Waals surface area contributed by atoms with Crippen LogP contribution in [-0.4, -0.2) is 18.5 Å². The zero-order valence-corrected chi connectivity index (χ0v) is 8.93. The summed E-state index contributed by atoms with van der Waals surface area (Å²) < 4.78 is 5.55. The maximum atomic E-state index is 5.70. The maximum Gasteiger partial charge on any atom is 0.0669 e. The lowest BCUT2D eigenvalue weighted by Gasteiger charge is -2.08. The summed E-state index contributed by atoms with van der Waals surface area (Å²) in [6.07, 6.45) is 2.86. The smallest absolute Gasteiger partial charge is 0.0669 e. The predicted octanol–water partition coefficient (Wildman–Crippen LogP) is 2.54. The Hall–Kier alpha value is -0.670. The molecule has 3 heteroatoms. The third-order valence-electron chi connectivity index (χ3n) is 2.32. The highest BCUT2D eigenvalue weighted by atomic mass is 32.2. The van der Waals surface area contributed by atoms with Crippen LogP contribution in [0.3, 0.4) is 0 Å². The number of benzene rings is 1. The molecule has 0 radical (unpaired) electrons. The summed E-state index contributed by atoms with van der Waals surface area (Å²) in [4.78, 5) is 1.24. The molecule has 1 aliphatic rings. The van der Waals surface area contributed by atoms with Gasteiger partial charge in [0.2, 0.25) is 0 Å². The van der Waals surface area contributed by atoms with E-state index in [1.807, 2.05) is 30.0 Å². The number of rotatable bonds is 3. The normalized spacial score (nSPS) is 21.3. The van der Waals surface area contributed by atoms with Crippen molar-refractivity contribution >= 4 is 17.4 Å². The highest BCUT2D eigenvalue weighted by Crippen LogP contribution is 2.24. The minimum atomic E-state index is 0.446. The summed E-state index contributed by atoms with van der Waals surface area (Å²) in [5.41, 5.74) is 6.53. The van der Waals surface area contributed by atoms with E-state index < -0.39 is 0 Å². The van der Waals surface area contributed by atoms with Crippen molar-refractivity contribution in [2.75, 3.05) is 18.1 Å². The Labute approximate surface area is 88.8 Å². The zero-order valence-electron chi connectivity index (χ0n) is 8.11. The molecular weight excluding hydrogens is 194 g/mol. The molecule has 0 aliphatic carbocycles. The van der Waals surface area contributed by atoms with Gasteiger partial charge in [0.25, 0.3) is 0 Å². The van der Waals surface area contributed by atoms with Crippen LogP contribution in [0.25, 0.3) is 0 Å². The van der Waals surface area contributed by atoms with Crippen LogP contribution < -0.4 is 5.73 Å². The second-order valence-electron chi connectivity index (χ2n) is 3.52. The Bertz CT molecular complexity index is 297. The van der Waals surface area contributed by atoms with Gasteiger partial charge < -0.3 is 10.5 Å². The fourth-order valence-electron chi connectivity index (χ4n) is 1.57. The van der Waals surface area contributed by atoms with Gasteiger partial charge in [-0.25, -0.2) is 0 Å². The highest BCUT2D eigenvalue weighted by molar-refractivity contribution is 7.99. The van der Waals surface area contributed by atoms with Gasteiger partial charge in [-0.3, -0.25) is 0 Å². The number of nitrogens with two attached hydrogens (primary N) is 1. The predicted molar refractivity (Wildman–Crippen MR) is 60.6 cm³/mol. The molecule has 0 aromatic heterocycles. The number of ether oxygens (including phenoxy) is 1. The molecule has 1 atom stereocenters. The molecule has 2 rings (SSSR count). The Morgan fingerprint density at radius 2 is 2.43 bits per heavy atom. The first-order chi connectivity index (χ1) is 6.84. The summed E-state index contributed by atoms with van der Waals surface area (Å²) in [5.74, 6) is 1.05. The fraction of sp³-hybridized carbons (Fsp3) is 0.455. The molecule has 0 saturated carbocycles. The molecule has 0 spiro atoms. The Morgan fingerprint density at radius 3 is 3.14 bits per heavy atom. The highest BCUT2D eigenvalue weighted by Gasteiger charge is 2.15. The molecule has 1 aromatic carbocycles. The van der Waals surface area contributed by atoms with E-state index in [9.17, 15) is 0 Å². The van der Waals surface area contributed by atoms with Gasteiger partial charge in [-0.15, -0.1) is 11.8 Å². The molecule has 1 heterocycles. The van der Waals surface area contributed by atoms with Gasteiger partial charge in [-0.1, -0.05) is 6.07 Å². The van der Waals surface area contributed by atoms with Crippen molar-refractivity contribution in [3.63, 3.8) is 0 Å². The quantitative estimate of drug-likeness (QED) is 0.613. The molecule has 1 saturated heterocycles. The first-order valence-corrected chi connectivity index (χ1v) is 5.93. The van der Waals surface area contributed by atoms with Crippen molar-refractivity contribution in [1.29, 1.82) is 0 Å². The van der Waals surface area contributed by atoms with Crippen LogP contribution in [0, 0.1) is 0 Å². The van der Waals surface area contributed by atoms with Gasteiger partial charge >= 0.3 is 0 Å². The molecule has 1 aromatic rings. The molecule has 1 fully saturated rings. The van der Waals surface area contributed by atoms with Crippen LogP contribution >= 0.6 is 11.8 Å². The molecule has 0 bridgehead atoms. The summed E-state index contributed by atoms with van der Waals surface area (Å²) in [7, 11) is 0. The lowest BCUT2D eigenvalue weighted by atomic mass is 10.3. The van der Waals surface area contributed by atoms with Crippen LogP contribution in [0.2, 0.25) is 0 Å². The number of thioether (sulfide) groups is 1. The third kappa shape index (κ3) is 2.66. The molecule has 2 nitrogen and oxygen atoms in total. The number of hydrogen-bond acceptors (Lipinski definition) is 3. The summed E-state index contributed by atoms with van der Waals surface area (Å²) >= 11 is 1.83. The molecule has 1 unspecified atom stereocenters. The van der Waals surface area contributed by atoms with Crippen LogP contribution in [0.4, 0.5) is 5.69 Å². The fourth-order valence-corrected chi connectivity index (χ4v) is 2.60. The maximum absolute atomic E-state index is 5.70. The minimum Gasteiger partial charge on any atom is -0.399 e. The average molecular weight is 209 g/mol. The minimum absolute atomic E-state index is 0.446. The molecule has 1 aliphatic heterocycles. The van der Waals surface area contributed by atoms with Gasteiger partial charge in [0.05, 0.1) is 6.10 Å². The lowest BCUT2D eigenvalue weighted by Crippen LogP contribution is -2.07. The summed E-state index contributed by atoms with van der Waals surface area (Å²) in [5, 5.41) is 0. The zero-order chi connectivity index (χ0) is 9.80. The molecule has 14 heavy (non-hydrogen) atoms. The van der Waals surface area contributed by atoms with Crippen molar-refractivity contribution in [3.8, 4) is 0 Å². The van der Waals surface area contributed by atoms with E-state index in [-0.39, 0.29) is 0 Å². The van der Waals surface area contributed by atoms with Crippen LogP contribution in [0.5, 0.6) is 0 Å². The molecule has 0 amide bonds. The van der Waals surface area contributed by atoms with Crippen LogP contribution in [0.1, 0.15) is 12.8 Å². The van der Waals surface area contributed by atoms with Crippen LogP contribution in [0.15, 0.2) is 29.2 Å². The van der Waals surface area contributed by atoms with E-state index in [1.54, 1.807) is 0 Å². The van der Waals surface area contributed by atoms with Crippen molar-refractivity contribution in [2.45, 2.75) is 23.8 Å². The topological polar surface area (TPSA) is 35.2 Å². The van der Waals surface area contributed by atoms with Gasteiger partial charge in [0.15, 0.2) is 0 Å². The van der Waals surface area contributed by atoms with E-state index >= 15 is 0 Å². The number of nitrogen functional groups attached to an aromatic ring is 1. The van der Waals surface area contributed by atoms with Crippen molar-refractivity contribution in [2.24, 2.45) is 0 Å². The SMILES string of the molecule is Nc1cccc(SCC2CCCO2)c1. The third-order valence-corrected chi connectivity index (χ3v) is 3.44. The van der Waals surface area contributed by atoms with E-state index in [0.29, 0.717) is 6.10 Å². The van der Waals surface area contributed by atoms with Gasteiger partial charge in [-0.05, 0) is 31.0 Å². The van der Waals surface area contributed by atoms with Gasteiger partial charge in [-0.2, -0.15) is 0 Å².